The van der Waals surface area contributed by atoms with Crippen molar-refractivity contribution in [2.75, 3.05) is 0 Å². The van der Waals surface area contributed by atoms with Crippen molar-refractivity contribution in [1.82, 2.24) is 9.99 Å². The minimum Gasteiger partial charge on any atom is -0.272 e. The summed E-state index contributed by atoms with van der Waals surface area (Å²) in [7, 11) is 0. The zero-order valence-corrected chi connectivity index (χ0v) is 12.7. The third-order valence-electron chi connectivity index (χ3n) is 4.05. The Morgan fingerprint density at radius 1 is 1.14 bits per heavy atom. The molecule has 4 nitrogen and oxygen atoms in total. The Morgan fingerprint density at radius 3 is 2.52 bits per heavy atom. The van der Waals surface area contributed by atoms with Crippen molar-refractivity contribution in [2.24, 2.45) is 5.84 Å². The highest BCUT2D eigenvalue weighted by molar-refractivity contribution is 5.96. The molecule has 1 saturated carbocycles. The smallest absolute Gasteiger partial charge is 0.272 e. The first-order valence-corrected chi connectivity index (χ1v) is 7.19. The Kier molecular flexibility index (Phi) is 5.15. The quantitative estimate of drug-likeness (QED) is 0.526. The molecule has 3 rings (SSSR count). The van der Waals surface area contributed by atoms with Crippen molar-refractivity contribution < 1.29 is 4.79 Å². The van der Waals surface area contributed by atoms with E-state index >= 15 is 0 Å². The van der Waals surface area contributed by atoms with Crippen LogP contribution in [0.1, 0.15) is 42.6 Å². The largest absolute Gasteiger partial charge is 0.286 e. The van der Waals surface area contributed by atoms with Gasteiger partial charge in [0.2, 0.25) is 0 Å². The molecule has 112 valence electrons. The van der Waals surface area contributed by atoms with E-state index in [9.17, 15) is 4.79 Å². The molecule has 0 atom stereocenters. The number of hydrazine groups is 1. The van der Waals surface area contributed by atoms with E-state index in [0.717, 1.165) is 36.5 Å². The fourth-order valence-corrected chi connectivity index (χ4v) is 2.86. The lowest BCUT2D eigenvalue weighted by Gasteiger charge is -2.30. The summed E-state index contributed by atoms with van der Waals surface area (Å²) in [6.07, 6.45) is 7.27. The number of nitrogens with zero attached hydrogens (tertiary/aromatic N) is 2. The zero-order valence-electron chi connectivity index (χ0n) is 11.9. The highest BCUT2D eigenvalue weighted by Crippen LogP contribution is 2.22. The number of carbonyl (C=O) groups excluding carboxylic acids is 1. The van der Waals surface area contributed by atoms with Crippen LogP contribution in [0.3, 0.4) is 0 Å². The van der Waals surface area contributed by atoms with Gasteiger partial charge < -0.3 is 0 Å². The minimum absolute atomic E-state index is 0. The predicted molar refractivity (Wildman–Crippen MR) is 86.2 cm³/mol. The number of benzene rings is 1. The maximum atomic E-state index is 12.4. The molecule has 1 amide bonds. The third-order valence-corrected chi connectivity index (χ3v) is 4.05. The average Bonchev–Trinajstić information content (AvgIpc) is 2.54. The molecule has 2 aromatic rings. The first kappa shape index (κ1) is 15.7. The Bertz CT molecular complexity index is 626. The summed E-state index contributed by atoms with van der Waals surface area (Å²) in [5.41, 5.74) is 0.428. The second-order valence-corrected chi connectivity index (χ2v) is 5.42. The highest BCUT2D eigenvalue weighted by atomic mass is 35.5. The van der Waals surface area contributed by atoms with Crippen molar-refractivity contribution in [1.29, 1.82) is 0 Å². The summed E-state index contributed by atoms with van der Waals surface area (Å²) in [4.78, 5) is 16.7. The van der Waals surface area contributed by atoms with Crippen LogP contribution in [0.4, 0.5) is 0 Å². The monoisotopic (exact) mass is 305 g/mol. The molecule has 21 heavy (non-hydrogen) atoms. The van der Waals surface area contributed by atoms with Crippen LogP contribution in [0.25, 0.3) is 10.8 Å². The molecular weight excluding hydrogens is 286 g/mol. The molecule has 0 saturated heterocycles. The van der Waals surface area contributed by atoms with Gasteiger partial charge in [-0.05, 0) is 24.3 Å². The Morgan fingerprint density at radius 2 is 1.81 bits per heavy atom. The van der Waals surface area contributed by atoms with Gasteiger partial charge in [0, 0.05) is 17.6 Å². The van der Waals surface area contributed by atoms with Gasteiger partial charge >= 0.3 is 0 Å². The molecule has 0 aliphatic heterocycles. The SMILES string of the molecule is Cl.NN(C(=O)c1cc2ccccc2cn1)C1CCCCC1. The number of hydrogen-bond donors (Lipinski definition) is 1. The van der Waals surface area contributed by atoms with E-state index in [1.54, 1.807) is 6.20 Å². The van der Waals surface area contributed by atoms with Crippen LogP contribution in [0.2, 0.25) is 0 Å². The van der Waals surface area contributed by atoms with E-state index in [2.05, 4.69) is 4.98 Å². The van der Waals surface area contributed by atoms with Gasteiger partial charge in [-0.2, -0.15) is 0 Å². The lowest BCUT2D eigenvalue weighted by Crippen LogP contribution is -2.46. The van der Waals surface area contributed by atoms with E-state index in [4.69, 9.17) is 5.84 Å². The van der Waals surface area contributed by atoms with E-state index < -0.39 is 0 Å². The number of hydrogen-bond acceptors (Lipinski definition) is 3. The number of rotatable bonds is 2. The van der Waals surface area contributed by atoms with Crippen LogP contribution >= 0.6 is 12.4 Å². The zero-order chi connectivity index (χ0) is 13.9. The molecule has 1 aromatic carbocycles. The maximum absolute atomic E-state index is 12.4. The molecule has 0 radical (unpaired) electrons. The maximum Gasteiger partial charge on any atom is 0.286 e. The molecule has 2 N–H and O–H groups in total. The lowest BCUT2D eigenvalue weighted by molar-refractivity contribution is 0.0628. The molecule has 5 heteroatoms. The first-order chi connectivity index (χ1) is 9.75. The number of fused-ring (bicyclic) bond motifs is 1. The number of nitrogens with two attached hydrogens (primary N) is 1. The number of amides is 1. The Labute approximate surface area is 130 Å². The van der Waals surface area contributed by atoms with Crippen LogP contribution in [0.15, 0.2) is 36.5 Å². The topological polar surface area (TPSA) is 59.2 Å². The highest BCUT2D eigenvalue weighted by Gasteiger charge is 2.24. The third kappa shape index (κ3) is 3.34. The van der Waals surface area contributed by atoms with Gasteiger partial charge in [-0.15, -0.1) is 12.4 Å². The second-order valence-electron chi connectivity index (χ2n) is 5.42. The number of halogens is 1. The second kappa shape index (κ2) is 6.87. The van der Waals surface area contributed by atoms with Gasteiger partial charge in [0.1, 0.15) is 5.69 Å². The molecule has 1 fully saturated rings. The summed E-state index contributed by atoms with van der Waals surface area (Å²) in [6.45, 7) is 0. The summed E-state index contributed by atoms with van der Waals surface area (Å²) < 4.78 is 0. The molecule has 0 unspecified atom stereocenters. The van der Waals surface area contributed by atoms with Crippen molar-refractivity contribution in [3.8, 4) is 0 Å². The molecule has 1 aromatic heterocycles. The van der Waals surface area contributed by atoms with Gasteiger partial charge in [-0.1, -0.05) is 43.5 Å². The number of carbonyl (C=O) groups is 1. The van der Waals surface area contributed by atoms with Crippen LogP contribution < -0.4 is 5.84 Å². The Hall–Kier alpha value is -1.65. The van der Waals surface area contributed by atoms with Gasteiger partial charge in [-0.25, -0.2) is 5.84 Å². The fourth-order valence-electron chi connectivity index (χ4n) is 2.86. The normalized spacial score (nSPS) is 15.5. The van der Waals surface area contributed by atoms with Gasteiger partial charge in [-0.3, -0.25) is 14.8 Å². The van der Waals surface area contributed by atoms with Crippen LogP contribution in [0.5, 0.6) is 0 Å². The summed E-state index contributed by atoms with van der Waals surface area (Å²) in [5.74, 6) is 5.83. The van der Waals surface area contributed by atoms with Crippen LogP contribution in [-0.2, 0) is 0 Å². The summed E-state index contributed by atoms with van der Waals surface area (Å²) in [5, 5.41) is 3.43. The summed E-state index contributed by atoms with van der Waals surface area (Å²) >= 11 is 0. The Balaban J connectivity index is 0.00000161. The molecule has 0 spiro atoms. The molecule has 1 aliphatic carbocycles. The lowest BCUT2D eigenvalue weighted by atomic mass is 9.95. The van der Waals surface area contributed by atoms with Gasteiger partial charge in [0.05, 0.1) is 0 Å². The molecule has 1 heterocycles. The van der Waals surface area contributed by atoms with Crippen molar-refractivity contribution >= 4 is 29.1 Å². The van der Waals surface area contributed by atoms with Crippen LogP contribution in [-0.4, -0.2) is 21.9 Å². The number of pyridine rings is 1. The van der Waals surface area contributed by atoms with E-state index in [1.165, 1.54) is 11.4 Å². The summed E-state index contributed by atoms with van der Waals surface area (Å²) in [6, 6.07) is 9.86. The van der Waals surface area contributed by atoms with Crippen molar-refractivity contribution in [2.45, 2.75) is 38.1 Å². The predicted octanol–water partition coefficient (Wildman–Crippen LogP) is 3.31. The molecule has 0 bridgehead atoms. The van der Waals surface area contributed by atoms with Crippen molar-refractivity contribution in [3.05, 3.63) is 42.2 Å². The standard InChI is InChI=1S/C16H19N3O.ClH/c17-19(14-8-2-1-3-9-14)16(20)15-10-12-6-4-5-7-13(12)11-18-15;/h4-7,10-11,14H,1-3,8-9,17H2;1H. The van der Waals surface area contributed by atoms with E-state index in [0.29, 0.717) is 5.69 Å². The number of aromatic nitrogens is 1. The average molecular weight is 306 g/mol. The fraction of sp³-hybridized carbons (Fsp3) is 0.375. The molecular formula is C16H20ClN3O. The van der Waals surface area contributed by atoms with Crippen molar-refractivity contribution in [3.63, 3.8) is 0 Å². The van der Waals surface area contributed by atoms with Gasteiger partial charge in [0.15, 0.2) is 0 Å². The van der Waals surface area contributed by atoms with E-state index in [1.807, 2.05) is 30.3 Å². The van der Waals surface area contributed by atoms with Crippen LogP contribution in [0, 0.1) is 0 Å². The van der Waals surface area contributed by atoms with Gasteiger partial charge in [0.25, 0.3) is 5.91 Å². The first-order valence-electron chi connectivity index (χ1n) is 7.19. The minimum atomic E-state index is -0.178. The molecule has 1 aliphatic rings. The van der Waals surface area contributed by atoms with E-state index in [-0.39, 0.29) is 24.4 Å².